The topological polar surface area (TPSA) is 63.3 Å². The summed E-state index contributed by atoms with van der Waals surface area (Å²) in [6.07, 6.45) is 1.35. The van der Waals surface area contributed by atoms with E-state index in [0.29, 0.717) is 23.8 Å². The van der Waals surface area contributed by atoms with Crippen molar-refractivity contribution in [2.24, 2.45) is 0 Å². The summed E-state index contributed by atoms with van der Waals surface area (Å²) in [5.41, 5.74) is 3.32. The van der Waals surface area contributed by atoms with Gasteiger partial charge in [-0.15, -0.1) is 0 Å². The summed E-state index contributed by atoms with van der Waals surface area (Å²) in [5.74, 6) is 7.05. The lowest BCUT2D eigenvalue weighted by Crippen LogP contribution is -1.99. The van der Waals surface area contributed by atoms with E-state index in [0.717, 1.165) is 28.1 Å². The van der Waals surface area contributed by atoms with Crippen molar-refractivity contribution < 1.29 is 14.3 Å². The maximum Gasteiger partial charge on any atom is 0.307 e. The quantitative estimate of drug-likeness (QED) is 0.530. The number of carbonyl (C=O) groups is 1. The number of hydrogen-bond donors (Lipinski definition) is 1. The number of aliphatic carboxylic acids is 1. The molecule has 0 aliphatic carbocycles. The molecule has 0 radical (unpaired) electrons. The van der Waals surface area contributed by atoms with Gasteiger partial charge in [-0.05, 0) is 29.8 Å². The van der Waals surface area contributed by atoms with Crippen molar-refractivity contribution in [1.82, 2.24) is 4.98 Å². The Balaban J connectivity index is 1.70. The first kappa shape index (κ1) is 20.7. The highest BCUT2D eigenvalue weighted by Gasteiger charge is 2.18. The van der Waals surface area contributed by atoms with Gasteiger partial charge in [0.2, 0.25) is 5.89 Å². The molecule has 1 heterocycles. The third-order valence-electron chi connectivity index (χ3n) is 4.39. The van der Waals surface area contributed by atoms with Gasteiger partial charge in [0.15, 0.2) is 0 Å². The summed E-state index contributed by atoms with van der Waals surface area (Å²) in [7, 11) is 0. The van der Waals surface area contributed by atoms with Crippen LogP contribution in [0.2, 0.25) is 5.02 Å². The van der Waals surface area contributed by atoms with E-state index in [1.807, 2.05) is 36.4 Å². The average molecular weight is 408 g/mol. The molecule has 0 atom stereocenters. The summed E-state index contributed by atoms with van der Waals surface area (Å²) in [5, 5.41) is 9.43. The minimum absolute atomic E-state index is 0.0195. The molecule has 2 aromatic carbocycles. The molecule has 29 heavy (non-hydrogen) atoms. The maximum absolute atomic E-state index is 10.7. The first-order chi connectivity index (χ1) is 13.9. The second-order valence-corrected chi connectivity index (χ2v) is 7.44. The second kappa shape index (κ2) is 9.45. The van der Waals surface area contributed by atoms with Crippen molar-refractivity contribution in [2.45, 2.75) is 39.0 Å². The molecule has 5 heteroatoms. The van der Waals surface area contributed by atoms with Crippen LogP contribution in [-0.4, -0.2) is 16.1 Å². The molecular formula is C24H22ClNO3. The van der Waals surface area contributed by atoms with Gasteiger partial charge in [0.05, 0.1) is 22.7 Å². The highest BCUT2D eigenvalue weighted by Crippen LogP contribution is 2.31. The summed E-state index contributed by atoms with van der Waals surface area (Å²) in [6, 6.07) is 14.8. The van der Waals surface area contributed by atoms with Gasteiger partial charge in [0, 0.05) is 24.3 Å². The number of aromatic nitrogens is 1. The zero-order chi connectivity index (χ0) is 20.8. The van der Waals surface area contributed by atoms with Crippen molar-refractivity contribution in [3.63, 3.8) is 0 Å². The molecule has 0 saturated heterocycles. The summed E-state index contributed by atoms with van der Waals surface area (Å²) >= 11 is 6.28. The monoisotopic (exact) mass is 407 g/mol. The number of halogens is 1. The van der Waals surface area contributed by atoms with Crippen molar-refractivity contribution >= 4 is 17.6 Å². The lowest BCUT2D eigenvalue weighted by atomic mass is 10.1. The Labute approximate surface area is 175 Å². The summed E-state index contributed by atoms with van der Waals surface area (Å²) in [4.78, 5) is 15.4. The smallest absolute Gasteiger partial charge is 0.307 e. The Bertz CT molecular complexity index is 1060. The first-order valence-electron chi connectivity index (χ1n) is 9.48. The van der Waals surface area contributed by atoms with E-state index >= 15 is 0 Å². The SMILES string of the molecule is CC(C)c1oc(-c2ccccc2Cl)nc1CCC#Cc1ccc(CC(=O)O)cc1. The van der Waals surface area contributed by atoms with Crippen LogP contribution in [0.4, 0.5) is 0 Å². The highest BCUT2D eigenvalue weighted by atomic mass is 35.5. The maximum atomic E-state index is 10.7. The van der Waals surface area contributed by atoms with Crippen LogP contribution in [0.25, 0.3) is 11.5 Å². The van der Waals surface area contributed by atoms with Gasteiger partial charge in [0.1, 0.15) is 5.76 Å². The van der Waals surface area contributed by atoms with Gasteiger partial charge in [-0.3, -0.25) is 4.79 Å². The van der Waals surface area contributed by atoms with Gasteiger partial charge in [-0.25, -0.2) is 4.98 Å². The number of nitrogens with zero attached hydrogens (tertiary/aromatic N) is 1. The fraction of sp³-hybridized carbons (Fsp3) is 0.250. The highest BCUT2D eigenvalue weighted by molar-refractivity contribution is 6.33. The number of rotatable bonds is 6. The Hall–Kier alpha value is -3.03. The molecule has 0 aliphatic rings. The number of benzene rings is 2. The third-order valence-corrected chi connectivity index (χ3v) is 4.71. The standard InChI is InChI=1S/C24H22ClNO3/c1-16(2)23-21(26-24(29-23)19-8-4-5-9-20(19)25)10-6-3-7-17-11-13-18(14-12-17)15-22(27)28/h4-5,8-9,11-14,16H,6,10,15H2,1-2H3,(H,27,28). The molecule has 148 valence electrons. The Kier molecular flexibility index (Phi) is 6.74. The molecule has 4 nitrogen and oxygen atoms in total. The Morgan fingerprint density at radius 2 is 1.90 bits per heavy atom. The predicted octanol–water partition coefficient (Wildman–Crippen LogP) is 5.73. The van der Waals surface area contributed by atoms with E-state index in [4.69, 9.17) is 21.1 Å². The molecule has 0 saturated carbocycles. The zero-order valence-corrected chi connectivity index (χ0v) is 17.2. The van der Waals surface area contributed by atoms with Crippen LogP contribution in [0.3, 0.4) is 0 Å². The van der Waals surface area contributed by atoms with Crippen molar-refractivity contribution in [1.29, 1.82) is 0 Å². The summed E-state index contributed by atoms with van der Waals surface area (Å²) < 4.78 is 6.01. The molecule has 3 aromatic rings. The largest absolute Gasteiger partial charge is 0.481 e. The molecule has 3 rings (SSSR count). The number of aryl methyl sites for hydroxylation is 1. The number of carboxylic acids is 1. The van der Waals surface area contributed by atoms with Gasteiger partial charge >= 0.3 is 5.97 Å². The van der Waals surface area contributed by atoms with Crippen LogP contribution in [-0.2, 0) is 17.6 Å². The van der Waals surface area contributed by atoms with Gasteiger partial charge in [0.25, 0.3) is 0 Å². The molecule has 0 unspecified atom stereocenters. The predicted molar refractivity (Wildman–Crippen MR) is 114 cm³/mol. The van der Waals surface area contributed by atoms with Crippen LogP contribution in [0.15, 0.2) is 52.9 Å². The molecule has 1 aromatic heterocycles. The molecule has 0 fully saturated rings. The zero-order valence-electron chi connectivity index (χ0n) is 16.4. The second-order valence-electron chi connectivity index (χ2n) is 7.03. The van der Waals surface area contributed by atoms with Gasteiger partial charge in [-0.1, -0.05) is 61.6 Å². The number of hydrogen-bond acceptors (Lipinski definition) is 3. The molecule has 0 amide bonds. The fourth-order valence-electron chi connectivity index (χ4n) is 2.97. The van der Waals surface area contributed by atoms with Crippen LogP contribution < -0.4 is 0 Å². The molecular weight excluding hydrogens is 386 g/mol. The Morgan fingerprint density at radius 1 is 1.17 bits per heavy atom. The van der Waals surface area contributed by atoms with E-state index in [2.05, 4.69) is 30.7 Å². The lowest BCUT2D eigenvalue weighted by Gasteiger charge is -2.02. The lowest BCUT2D eigenvalue weighted by molar-refractivity contribution is -0.136. The molecule has 0 bridgehead atoms. The van der Waals surface area contributed by atoms with E-state index in [1.165, 1.54) is 0 Å². The van der Waals surface area contributed by atoms with Crippen LogP contribution >= 0.6 is 11.6 Å². The Morgan fingerprint density at radius 3 is 2.55 bits per heavy atom. The fourth-order valence-corrected chi connectivity index (χ4v) is 3.19. The number of oxazole rings is 1. The molecule has 0 spiro atoms. The summed E-state index contributed by atoms with van der Waals surface area (Å²) in [6.45, 7) is 4.15. The van der Waals surface area contributed by atoms with Crippen LogP contribution in [0.5, 0.6) is 0 Å². The minimum atomic E-state index is -0.839. The average Bonchev–Trinajstić information content (AvgIpc) is 3.11. The van der Waals surface area contributed by atoms with Gasteiger partial charge < -0.3 is 9.52 Å². The third kappa shape index (κ3) is 5.49. The van der Waals surface area contributed by atoms with E-state index < -0.39 is 5.97 Å². The van der Waals surface area contributed by atoms with Crippen molar-refractivity contribution in [2.75, 3.05) is 0 Å². The van der Waals surface area contributed by atoms with Gasteiger partial charge in [-0.2, -0.15) is 0 Å². The molecule has 0 aliphatic heterocycles. The number of carboxylic acid groups (broad SMARTS) is 1. The van der Waals surface area contributed by atoms with E-state index in [9.17, 15) is 4.79 Å². The first-order valence-corrected chi connectivity index (χ1v) is 9.86. The molecule has 1 N–H and O–H groups in total. The van der Waals surface area contributed by atoms with Crippen LogP contribution in [0, 0.1) is 11.8 Å². The van der Waals surface area contributed by atoms with Crippen LogP contribution in [0.1, 0.15) is 48.8 Å². The van der Waals surface area contributed by atoms with Crippen molar-refractivity contribution in [3.05, 3.63) is 76.1 Å². The van der Waals surface area contributed by atoms with E-state index in [1.54, 1.807) is 12.1 Å². The van der Waals surface area contributed by atoms with E-state index in [-0.39, 0.29) is 12.3 Å². The normalized spacial score (nSPS) is 10.6. The van der Waals surface area contributed by atoms with Crippen molar-refractivity contribution in [3.8, 4) is 23.3 Å². The minimum Gasteiger partial charge on any atom is -0.481 e.